The first-order chi connectivity index (χ1) is 9.35. The fraction of sp³-hybridized carbons (Fsp3) is 0.647. The summed E-state index contributed by atoms with van der Waals surface area (Å²) in [6, 6.07) is 11.5. The molecule has 2 unspecified atom stereocenters. The molecular weight excluding hydrogens is 232 g/mol. The van der Waals surface area contributed by atoms with Gasteiger partial charge in [-0.15, -0.1) is 0 Å². The molecule has 106 valence electrons. The number of nitrogens with one attached hydrogen (secondary N) is 1. The second kappa shape index (κ2) is 7.66. The molecule has 2 heteroatoms. The van der Waals surface area contributed by atoms with Crippen molar-refractivity contribution in [2.24, 2.45) is 5.92 Å². The molecule has 0 aromatic heterocycles. The second-order valence-electron chi connectivity index (χ2n) is 5.69. The van der Waals surface area contributed by atoms with Crippen LogP contribution in [0.3, 0.4) is 0 Å². The fourth-order valence-electron chi connectivity index (χ4n) is 3.03. The third kappa shape index (κ3) is 4.05. The molecule has 2 nitrogen and oxygen atoms in total. The van der Waals surface area contributed by atoms with Crippen molar-refractivity contribution in [2.75, 3.05) is 26.2 Å². The van der Waals surface area contributed by atoms with E-state index in [4.69, 9.17) is 0 Å². The van der Waals surface area contributed by atoms with Crippen molar-refractivity contribution in [1.82, 2.24) is 10.2 Å². The number of nitrogens with zero attached hydrogens (tertiary/aromatic N) is 1. The van der Waals surface area contributed by atoms with Gasteiger partial charge in [0.15, 0.2) is 0 Å². The lowest BCUT2D eigenvalue weighted by molar-refractivity contribution is 0.229. The van der Waals surface area contributed by atoms with Crippen molar-refractivity contribution in [3.05, 3.63) is 35.9 Å². The first-order valence-corrected chi connectivity index (χ1v) is 7.84. The van der Waals surface area contributed by atoms with Crippen LogP contribution in [0.5, 0.6) is 0 Å². The van der Waals surface area contributed by atoms with Crippen LogP contribution in [0.25, 0.3) is 0 Å². The average Bonchev–Trinajstić information content (AvgIpc) is 2.93. The van der Waals surface area contributed by atoms with E-state index in [2.05, 4.69) is 54.4 Å². The molecule has 2 rings (SSSR count). The summed E-state index contributed by atoms with van der Waals surface area (Å²) in [4.78, 5) is 2.67. The van der Waals surface area contributed by atoms with Gasteiger partial charge in [-0.2, -0.15) is 0 Å². The molecule has 1 aliphatic heterocycles. The Kier molecular flexibility index (Phi) is 5.87. The summed E-state index contributed by atoms with van der Waals surface area (Å²) in [7, 11) is 0. The molecule has 0 amide bonds. The zero-order valence-electron chi connectivity index (χ0n) is 12.4. The summed E-state index contributed by atoms with van der Waals surface area (Å²) in [5, 5.41) is 3.60. The maximum absolute atomic E-state index is 3.60. The molecule has 0 aliphatic carbocycles. The van der Waals surface area contributed by atoms with Crippen LogP contribution in [-0.2, 0) is 0 Å². The SMILES string of the molecule is CCCNCC(c1ccccc1)N1CCC(CC)C1. The van der Waals surface area contributed by atoms with Crippen molar-refractivity contribution in [1.29, 1.82) is 0 Å². The van der Waals surface area contributed by atoms with Crippen LogP contribution in [0.1, 0.15) is 44.7 Å². The molecule has 1 fully saturated rings. The molecule has 1 aromatic carbocycles. The van der Waals surface area contributed by atoms with Gasteiger partial charge in [-0.3, -0.25) is 4.90 Å². The Hall–Kier alpha value is -0.860. The van der Waals surface area contributed by atoms with Crippen molar-refractivity contribution in [2.45, 2.75) is 39.2 Å². The first kappa shape index (κ1) is 14.5. The van der Waals surface area contributed by atoms with Gasteiger partial charge < -0.3 is 5.32 Å². The lowest BCUT2D eigenvalue weighted by Crippen LogP contribution is -2.35. The summed E-state index contributed by atoms with van der Waals surface area (Å²) < 4.78 is 0. The molecule has 1 heterocycles. The van der Waals surface area contributed by atoms with Crippen LogP contribution in [0, 0.1) is 5.92 Å². The highest BCUT2D eigenvalue weighted by molar-refractivity contribution is 5.19. The molecule has 1 aromatic rings. The van der Waals surface area contributed by atoms with Crippen LogP contribution >= 0.6 is 0 Å². The minimum absolute atomic E-state index is 0.546. The van der Waals surface area contributed by atoms with E-state index in [1.54, 1.807) is 0 Å². The third-order valence-corrected chi connectivity index (χ3v) is 4.28. The second-order valence-corrected chi connectivity index (χ2v) is 5.69. The maximum Gasteiger partial charge on any atom is 0.0472 e. The van der Waals surface area contributed by atoms with Gasteiger partial charge in [-0.25, -0.2) is 0 Å². The van der Waals surface area contributed by atoms with Crippen LogP contribution < -0.4 is 5.32 Å². The smallest absolute Gasteiger partial charge is 0.0472 e. The van der Waals surface area contributed by atoms with Crippen molar-refractivity contribution in [3.8, 4) is 0 Å². The van der Waals surface area contributed by atoms with Gasteiger partial charge in [0, 0.05) is 19.1 Å². The summed E-state index contributed by atoms with van der Waals surface area (Å²) in [6.07, 6.45) is 3.90. The number of benzene rings is 1. The normalized spacial score (nSPS) is 21.7. The highest BCUT2D eigenvalue weighted by Crippen LogP contribution is 2.28. The number of likely N-dealkylation sites (tertiary alicyclic amines) is 1. The molecule has 1 saturated heterocycles. The molecule has 0 bridgehead atoms. The van der Waals surface area contributed by atoms with E-state index in [0.29, 0.717) is 6.04 Å². The van der Waals surface area contributed by atoms with E-state index in [0.717, 1.165) is 19.0 Å². The maximum atomic E-state index is 3.60. The molecule has 2 atom stereocenters. The predicted octanol–water partition coefficient (Wildman–Crippen LogP) is 3.46. The summed E-state index contributed by atoms with van der Waals surface area (Å²) >= 11 is 0. The topological polar surface area (TPSA) is 15.3 Å². The summed E-state index contributed by atoms with van der Waals surface area (Å²) in [5.74, 6) is 0.900. The summed E-state index contributed by atoms with van der Waals surface area (Å²) in [6.45, 7) is 9.27. The summed E-state index contributed by atoms with van der Waals surface area (Å²) in [5.41, 5.74) is 1.46. The Morgan fingerprint density at radius 3 is 2.68 bits per heavy atom. The van der Waals surface area contributed by atoms with Crippen molar-refractivity contribution in [3.63, 3.8) is 0 Å². The molecule has 1 N–H and O–H groups in total. The van der Waals surface area contributed by atoms with E-state index < -0.39 is 0 Å². The van der Waals surface area contributed by atoms with E-state index in [-0.39, 0.29) is 0 Å². The first-order valence-electron chi connectivity index (χ1n) is 7.84. The average molecular weight is 260 g/mol. The van der Waals surface area contributed by atoms with E-state index in [9.17, 15) is 0 Å². The third-order valence-electron chi connectivity index (χ3n) is 4.28. The zero-order chi connectivity index (χ0) is 13.5. The van der Waals surface area contributed by atoms with E-state index >= 15 is 0 Å². The molecule has 0 radical (unpaired) electrons. The van der Waals surface area contributed by atoms with Gasteiger partial charge in [0.25, 0.3) is 0 Å². The standard InChI is InChI=1S/C17H28N2/c1-3-11-18-13-17(16-8-6-5-7-9-16)19-12-10-15(4-2)14-19/h5-9,15,17-18H,3-4,10-14H2,1-2H3. The predicted molar refractivity (Wildman–Crippen MR) is 82.3 cm³/mol. The van der Waals surface area contributed by atoms with Gasteiger partial charge in [0.05, 0.1) is 0 Å². The molecule has 0 saturated carbocycles. The number of hydrogen-bond acceptors (Lipinski definition) is 2. The zero-order valence-corrected chi connectivity index (χ0v) is 12.4. The molecule has 0 spiro atoms. The molecular formula is C17H28N2. The Morgan fingerprint density at radius 1 is 1.26 bits per heavy atom. The number of rotatable bonds is 7. The number of hydrogen-bond donors (Lipinski definition) is 1. The van der Waals surface area contributed by atoms with Crippen molar-refractivity contribution < 1.29 is 0 Å². The van der Waals surface area contributed by atoms with Crippen molar-refractivity contribution >= 4 is 0 Å². The Bertz CT molecular complexity index is 350. The Labute approximate surface area is 118 Å². The largest absolute Gasteiger partial charge is 0.315 e. The lowest BCUT2D eigenvalue weighted by Gasteiger charge is -2.28. The van der Waals surface area contributed by atoms with Crippen LogP contribution in [0.4, 0.5) is 0 Å². The van der Waals surface area contributed by atoms with E-state index in [1.165, 1.54) is 37.9 Å². The monoisotopic (exact) mass is 260 g/mol. The Balaban J connectivity index is 2.02. The van der Waals surface area contributed by atoms with Crippen LogP contribution in [0.2, 0.25) is 0 Å². The van der Waals surface area contributed by atoms with Gasteiger partial charge in [0.1, 0.15) is 0 Å². The van der Waals surface area contributed by atoms with Crippen LogP contribution in [0.15, 0.2) is 30.3 Å². The highest BCUT2D eigenvalue weighted by atomic mass is 15.2. The minimum atomic E-state index is 0.546. The Morgan fingerprint density at radius 2 is 2.05 bits per heavy atom. The molecule has 1 aliphatic rings. The van der Waals surface area contributed by atoms with Gasteiger partial charge in [-0.1, -0.05) is 50.6 Å². The van der Waals surface area contributed by atoms with Gasteiger partial charge >= 0.3 is 0 Å². The minimum Gasteiger partial charge on any atom is -0.315 e. The quantitative estimate of drug-likeness (QED) is 0.755. The van der Waals surface area contributed by atoms with Gasteiger partial charge in [0.2, 0.25) is 0 Å². The van der Waals surface area contributed by atoms with E-state index in [1.807, 2.05) is 0 Å². The fourth-order valence-corrected chi connectivity index (χ4v) is 3.03. The highest BCUT2D eigenvalue weighted by Gasteiger charge is 2.27. The lowest BCUT2D eigenvalue weighted by atomic mass is 10.0. The van der Waals surface area contributed by atoms with Gasteiger partial charge in [-0.05, 0) is 37.4 Å². The molecule has 19 heavy (non-hydrogen) atoms. The van der Waals surface area contributed by atoms with Crippen LogP contribution in [-0.4, -0.2) is 31.1 Å².